The van der Waals surface area contributed by atoms with Gasteiger partial charge in [-0.3, -0.25) is 9.59 Å². The lowest BCUT2D eigenvalue weighted by Gasteiger charge is -2.31. The fourth-order valence-corrected chi connectivity index (χ4v) is 3.30. The van der Waals surface area contributed by atoms with Gasteiger partial charge in [0, 0.05) is 24.5 Å². The number of benzene rings is 1. The fourth-order valence-electron chi connectivity index (χ4n) is 3.30. The summed E-state index contributed by atoms with van der Waals surface area (Å²) in [6.45, 7) is 0.905. The molecule has 6 heteroatoms. The first-order valence-electron chi connectivity index (χ1n) is 8.74. The van der Waals surface area contributed by atoms with E-state index in [1.54, 1.807) is 29.2 Å². The van der Waals surface area contributed by atoms with E-state index in [0.717, 1.165) is 25.7 Å². The molecule has 1 aliphatic heterocycles. The van der Waals surface area contributed by atoms with Crippen LogP contribution in [0, 0.1) is 5.92 Å². The van der Waals surface area contributed by atoms with Crippen molar-refractivity contribution in [3.8, 4) is 0 Å². The van der Waals surface area contributed by atoms with Gasteiger partial charge in [0.05, 0.1) is 5.92 Å². The maximum absolute atomic E-state index is 12.8. The van der Waals surface area contributed by atoms with Gasteiger partial charge in [0.2, 0.25) is 5.91 Å². The van der Waals surface area contributed by atoms with Crippen molar-refractivity contribution in [2.24, 2.45) is 5.92 Å². The molecule has 1 atom stereocenters. The molecule has 6 nitrogen and oxygen atoms in total. The molecule has 1 aromatic heterocycles. The predicted octanol–water partition coefficient (Wildman–Crippen LogP) is 1.92. The van der Waals surface area contributed by atoms with E-state index in [9.17, 15) is 14.4 Å². The Kier molecular flexibility index (Phi) is 4.03. The number of carbonyl (C=O) groups excluding carboxylic acids is 2. The highest BCUT2D eigenvalue weighted by atomic mass is 16.4. The molecule has 2 amide bonds. The molecule has 130 valence electrons. The lowest BCUT2D eigenvalue weighted by Crippen LogP contribution is -2.46. The van der Waals surface area contributed by atoms with Gasteiger partial charge in [0.25, 0.3) is 5.91 Å². The molecular weight excluding hydrogens is 320 g/mol. The fraction of sp³-hybridized carbons (Fsp3) is 0.421. The average Bonchev–Trinajstić information content (AvgIpc) is 3.44. The number of fused-ring (bicyclic) bond motifs is 1. The van der Waals surface area contributed by atoms with Crippen LogP contribution in [0.2, 0.25) is 0 Å². The van der Waals surface area contributed by atoms with E-state index in [4.69, 9.17) is 4.42 Å². The van der Waals surface area contributed by atoms with Gasteiger partial charge < -0.3 is 14.6 Å². The highest BCUT2D eigenvalue weighted by Gasteiger charge is 2.33. The quantitative estimate of drug-likeness (QED) is 0.866. The molecule has 2 aliphatic rings. The van der Waals surface area contributed by atoms with Gasteiger partial charge in [0.15, 0.2) is 0 Å². The van der Waals surface area contributed by atoms with Gasteiger partial charge in [-0.2, -0.15) is 0 Å². The van der Waals surface area contributed by atoms with E-state index in [-0.39, 0.29) is 23.3 Å². The number of para-hydroxylation sites is 1. The third kappa shape index (κ3) is 3.29. The van der Waals surface area contributed by atoms with Gasteiger partial charge in [-0.15, -0.1) is 0 Å². The molecule has 1 saturated carbocycles. The number of hydrogen-bond donors (Lipinski definition) is 1. The standard InChI is InChI=1S/C19H20N2O4/c22-17(20-14-7-8-14)13-5-3-9-21(11-13)18(23)15-10-12-4-1-2-6-16(12)25-19(15)24/h1-2,4,6,10,13-14H,3,5,7-9,11H2,(H,20,22). The van der Waals surface area contributed by atoms with E-state index in [2.05, 4.69) is 5.32 Å². The van der Waals surface area contributed by atoms with Crippen LogP contribution in [0.25, 0.3) is 11.0 Å². The SMILES string of the molecule is O=C(NC1CC1)C1CCCN(C(=O)c2cc3ccccc3oc2=O)C1. The minimum atomic E-state index is -0.631. The average molecular weight is 340 g/mol. The van der Waals surface area contributed by atoms with Crippen LogP contribution in [-0.4, -0.2) is 35.8 Å². The van der Waals surface area contributed by atoms with Crippen LogP contribution in [0.4, 0.5) is 0 Å². The van der Waals surface area contributed by atoms with Crippen molar-refractivity contribution in [3.05, 3.63) is 46.3 Å². The molecule has 2 aromatic rings. The third-order valence-electron chi connectivity index (χ3n) is 4.87. The largest absolute Gasteiger partial charge is 0.422 e. The highest BCUT2D eigenvalue weighted by Crippen LogP contribution is 2.23. The Morgan fingerprint density at radius 1 is 1.16 bits per heavy atom. The summed E-state index contributed by atoms with van der Waals surface area (Å²) in [7, 11) is 0. The first-order valence-corrected chi connectivity index (χ1v) is 8.74. The monoisotopic (exact) mass is 340 g/mol. The van der Waals surface area contributed by atoms with Crippen molar-refractivity contribution in [2.45, 2.75) is 31.7 Å². The van der Waals surface area contributed by atoms with Crippen LogP contribution in [0.3, 0.4) is 0 Å². The lowest BCUT2D eigenvalue weighted by atomic mass is 9.96. The zero-order valence-corrected chi connectivity index (χ0v) is 13.9. The Labute approximate surface area is 144 Å². The molecule has 2 fully saturated rings. The summed E-state index contributed by atoms with van der Waals surface area (Å²) in [6.07, 6.45) is 3.61. The Balaban J connectivity index is 1.54. The predicted molar refractivity (Wildman–Crippen MR) is 92.3 cm³/mol. The molecule has 1 saturated heterocycles. The Morgan fingerprint density at radius 3 is 2.76 bits per heavy atom. The van der Waals surface area contributed by atoms with Crippen molar-refractivity contribution in [3.63, 3.8) is 0 Å². The Hall–Kier alpha value is -2.63. The molecule has 0 bridgehead atoms. The first-order chi connectivity index (χ1) is 12.1. The van der Waals surface area contributed by atoms with Crippen molar-refractivity contribution < 1.29 is 14.0 Å². The summed E-state index contributed by atoms with van der Waals surface area (Å²) in [5.41, 5.74) is -0.139. The van der Waals surface area contributed by atoms with E-state index in [0.29, 0.717) is 30.1 Å². The smallest absolute Gasteiger partial charge is 0.349 e. The lowest BCUT2D eigenvalue weighted by molar-refractivity contribution is -0.126. The second-order valence-electron chi connectivity index (χ2n) is 6.86. The van der Waals surface area contributed by atoms with Crippen molar-refractivity contribution in [2.75, 3.05) is 13.1 Å². The number of carbonyl (C=O) groups is 2. The number of amides is 2. The topological polar surface area (TPSA) is 79.6 Å². The Morgan fingerprint density at radius 2 is 1.96 bits per heavy atom. The van der Waals surface area contributed by atoms with Crippen molar-refractivity contribution in [1.82, 2.24) is 10.2 Å². The maximum Gasteiger partial charge on any atom is 0.349 e. The summed E-state index contributed by atoms with van der Waals surface area (Å²) in [6, 6.07) is 9.00. The molecule has 1 aliphatic carbocycles. The molecule has 2 heterocycles. The summed E-state index contributed by atoms with van der Waals surface area (Å²) < 4.78 is 5.26. The number of likely N-dealkylation sites (tertiary alicyclic amines) is 1. The van der Waals surface area contributed by atoms with Crippen LogP contribution in [0.15, 0.2) is 39.5 Å². The minimum Gasteiger partial charge on any atom is -0.422 e. The molecule has 0 radical (unpaired) electrons. The summed E-state index contributed by atoms with van der Waals surface area (Å²) in [5.74, 6) is -0.542. The van der Waals surface area contributed by atoms with Crippen LogP contribution in [0.1, 0.15) is 36.0 Å². The number of nitrogens with one attached hydrogen (secondary N) is 1. The number of hydrogen-bond acceptors (Lipinski definition) is 4. The number of nitrogens with zero attached hydrogens (tertiary/aromatic N) is 1. The van der Waals surface area contributed by atoms with E-state index >= 15 is 0 Å². The third-order valence-corrected chi connectivity index (χ3v) is 4.87. The zero-order chi connectivity index (χ0) is 17.4. The first kappa shape index (κ1) is 15.9. The van der Waals surface area contributed by atoms with Crippen molar-refractivity contribution >= 4 is 22.8 Å². The second-order valence-corrected chi connectivity index (χ2v) is 6.86. The molecule has 25 heavy (non-hydrogen) atoms. The molecule has 1 unspecified atom stereocenters. The minimum absolute atomic E-state index is 0.0190. The Bertz CT molecular complexity index is 884. The van der Waals surface area contributed by atoms with Gasteiger partial charge in [-0.1, -0.05) is 18.2 Å². The highest BCUT2D eigenvalue weighted by molar-refractivity contribution is 5.97. The van der Waals surface area contributed by atoms with Crippen molar-refractivity contribution in [1.29, 1.82) is 0 Å². The molecule has 0 spiro atoms. The number of rotatable bonds is 3. The summed E-state index contributed by atoms with van der Waals surface area (Å²) in [4.78, 5) is 38.9. The summed E-state index contributed by atoms with van der Waals surface area (Å²) in [5, 5.41) is 3.71. The second kappa shape index (κ2) is 6.35. The van der Waals surface area contributed by atoms with E-state index < -0.39 is 5.63 Å². The maximum atomic E-state index is 12.8. The van der Waals surface area contributed by atoms with Crippen LogP contribution in [-0.2, 0) is 4.79 Å². The molecule has 4 rings (SSSR count). The van der Waals surface area contributed by atoms with Crippen LogP contribution in [0.5, 0.6) is 0 Å². The van der Waals surface area contributed by atoms with Gasteiger partial charge >= 0.3 is 5.63 Å². The van der Waals surface area contributed by atoms with E-state index in [1.165, 1.54) is 0 Å². The molecule has 1 N–H and O–H groups in total. The number of piperidine rings is 1. The van der Waals surface area contributed by atoms with E-state index in [1.807, 2.05) is 6.07 Å². The van der Waals surface area contributed by atoms with Gasteiger partial charge in [-0.05, 0) is 37.8 Å². The zero-order valence-electron chi connectivity index (χ0n) is 13.9. The molecular formula is C19H20N2O4. The normalized spacial score (nSPS) is 20.5. The summed E-state index contributed by atoms with van der Waals surface area (Å²) >= 11 is 0. The van der Waals surface area contributed by atoms with Gasteiger partial charge in [-0.25, -0.2) is 4.79 Å². The van der Waals surface area contributed by atoms with Crippen LogP contribution >= 0.6 is 0 Å². The van der Waals surface area contributed by atoms with Crippen LogP contribution < -0.4 is 10.9 Å². The molecule has 1 aromatic carbocycles. The van der Waals surface area contributed by atoms with Gasteiger partial charge in [0.1, 0.15) is 11.1 Å².